The van der Waals surface area contributed by atoms with Crippen LogP contribution in [0.4, 0.5) is 10.7 Å². The minimum absolute atomic E-state index is 0.244. The van der Waals surface area contributed by atoms with Crippen molar-refractivity contribution in [1.29, 1.82) is 0 Å². The highest BCUT2D eigenvalue weighted by Gasteiger charge is 2.17. The Kier molecular flexibility index (Phi) is 3.63. The zero-order chi connectivity index (χ0) is 12.4. The van der Waals surface area contributed by atoms with Crippen molar-refractivity contribution in [3.8, 4) is 0 Å². The monoisotopic (exact) mass is 360 g/mol. The molecule has 0 atom stereocenters. The third-order valence-corrected chi connectivity index (χ3v) is 3.75. The van der Waals surface area contributed by atoms with E-state index in [0.29, 0.717) is 10.7 Å². The molecule has 0 saturated carbocycles. The minimum atomic E-state index is -0.954. The van der Waals surface area contributed by atoms with Crippen LogP contribution in [0.1, 0.15) is 16.1 Å². The zero-order valence-corrected chi connectivity index (χ0v) is 11.9. The molecule has 1 heterocycles. The van der Waals surface area contributed by atoms with E-state index >= 15 is 0 Å². The second-order valence-electron chi connectivity index (χ2n) is 3.41. The number of carbonyl (C=O) groups is 1. The second kappa shape index (κ2) is 5.01. The molecule has 0 aliphatic carbocycles. The highest BCUT2D eigenvalue weighted by atomic mass is 127. The van der Waals surface area contributed by atoms with E-state index in [9.17, 15) is 4.79 Å². The Balaban J connectivity index is 2.30. The van der Waals surface area contributed by atoms with Crippen molar-refractivity contribution < 1.29 is 9.90 Å². The molecule has 0 fully saturated rings. The molecule has 0 amide bonds. The van der Waals surface area contributed by atoms with Crippen LogP contribution in [0.3, 0.4) is 0 Å². The number of nitrogens with one attached hydrogen (secondary N) is 1. The van der Waals surface area contributed by atoms with Gasteiger partial charge in [0, 0.05) is 9.26 Å². The van der Waals surface area contributed by atoms with E-state index in [2.05, 4.69) is 32.3 Å². The predicted octanol–water partition coefficient (Wildman–Crippen LogP) is 3.50. The molecular weight excluding hydrogens is 351 g/mol. The van der Waals surface area contributed by atoms with Gasteiger partial charge in [-0.05, 0) is 65.3 Å². The number of carboxylic acid groups (broad SMARTS) is 1. The number of anilines is 2. The van der Waals surface area contributed by atoms with Gasteiger partial charge in [0.25, 0.3) is 0 Å². The number of benzene rings is 1. The van der Waals surface area contributed by atoms with Crippen LogP contribution in [-0.2, 0) is 0 Å². The molecule has 17 heavy (non-hydrogen) atoms. The molecule has 4 nitrogen and oxygen atoms in total. The summed E-state index contributed by atoms with van der Waals surface area (Å²) in [6, 6.07) is 7.72. The molecule has 0 unspecified atom stereocenters. The first-order valence-electron chi connectivity index (χ1n) is 4.80. The van der Waals surface area contributed by atoms with Gasteiger partial charge in [0.2, 0.25) is 0 Å². The van der Waals surface area contributed by atoms with Crippen molar-refractivity contribution in [2.75, 3.05) is 5.32 Å². The first kappa shape index (κ1) is 12.3. The predicted molar refractivity (Wildman–Crippen MR) is 76.3 cm³/mol. The van der Waals surface area contributed by atoms with E-state index in [1.165, 1.54) is 0 Å². The highest BCUT2D eigenvalue weighted by Crippen LogP contribution is 2.28. The SMILES string of the molecule is Cc1nsc(Nc2ccc(I)cc2)c1C(=O)O. The number of carboxylic acids is 1. The van der Waals surface area contributed by atoms with Crippen LogP contribution in [0, 0.1) is 10.5 Å². The largest absolute Gasteiger partial charge is 0.478 e. The van der Waals surface area contributed by atoms with Gasteiger partial charge in [0.1, 0.15) is 10.6 Å². The fourth-order valence-corrected chi connectivity index (χ4v) is 2.54. The van der Waals surface area contributed by atoms with E-state index < -0.39 is 5.97 Å². The van der Waals surface area contributed by atoms with Gasteiger partial charge in [-0.1, -0.05) is 0 Å². The number of aromatic carboxylic acids is 1. The van der Waals surface area contributed by atoms with Crippen molar-refractivity contribution in [3.05, 3.63) is 39.1 Å². The summed E-state index contributed by atoms with van der Waals surface area (Å²) in [6.45, 7) is 1.69. The average Bonchev–Trinajstić information content (AvgIpc) is 2.63. The number of hydrogen-bond acceptors (Lipinski definition) is 4. The van der Waals surface area contributed by atoms with Crippen LogP contribution in [0.5, 0.6) is 0 Å². The van der Waals surface area contributed by atoms with Gasteiger partial charge < -0.3 is 10.4 Å². The molecule has 0 aliphatic rings. The molecule has 0 saturated heterocycles. The summed E-state index contributed by atoms with van der Waals surface area (Å²) in [5.41, 5.74) is 1.64. The van der Waals surface area contributed by atoms with Crippen LogP contribution < -0.4 is 5.32 Å². The first-order valence-corrected chi connectivity index (χ1v) is 6.65. The molecule has 2 rings (SSSR count). The molecule has 6 heteroatoms. The Morgan fingerprint density at radius 2 is 2.06 bits per heavy atom. The van der Waals surface area contributed by atoms with Gasteiger partial charge >= 0.3 is 5.97 Å². The number of rotatable bonds is 3. The molecule has 1 aromatic carbocycles. The first-order chi connectivity index (χ1) is 8.08. The summed E-state index contributed by atoms with van der Waals surface area (Å²) in [7, 11) is 0. The summed E-state index contributed by atoms with van der Waals surface area (Å²) in [5, 5.41) is 12.7. The Morgan fingerprint density at radius 1 is 1.41 bits per heavy atom. The average molecular weight is 360 g/mol. The van der Waals surface area contributed by atoms with Crippen molar-refractivity contribution in [2.24, 2.45) is 0 Å². The van der Waals surface area contributed by atoms with Crippen LogP contribution >= 0.6 is 34.1 Å². The van der Waals surface area contributed by atoms with Crippen molar-refractivity contribution in [2.45, 2.75) is 6.92 Å². The van der Waals surface area contributed by atoms with Crippen molar-refractivity contribution >= 4 is 50.8 Å². The second-order valence-corrected chi connectivity index (χ2v) is 5.43. The van der Waals surface area contributed by atoms with Crippen LogP contribution in [0.25, 0.3) is 0 Å². The Bertz CT molecular complexity index is 551. The van der Waals surface area contributed by atoms with Gasteiger partial charge in [-0.25, -0.2) is 4.79 Å². The van der Waals surface area contributed by atoms with Gasteiger partial charge in [0.05, 0.1) is 5.69 Å². The molecule has 0 spiro atoms. The zero-order valence-electron chi connectivity index (χ0n) is 8.90. The maximum absolute atomic E-state index is 11.1. The Morgan fingerprint density at radius 3 is 2.65 bits per heavy atom. The molecule has 0 aliphatic heterocycles. The maximum Gasteiger partial charge on any atom is 0.340 e. The van der Waals surface area contributed by atoms with Crippen molar-refractivity contribution in [3.63, 3.8) is 0 Å². The Labute approximate surface area is 116 Å². The third kappa shape index (κ3) is 2.75. The number of aromatic nitrogens is 1. The number of hydrogen-bond donors (Lipinski definition) is 2. The summed E-state index contributed by atoms with van der Waals surface area (Å²) in [6.07, 6.45) is 0. The normalized spacial score (nSPS) is 10.2. The minimum Gasteiger partial charge on any atom is -0.478 e. The van der Waals surface area contributed by atoms with Gasteiger partial charge in [-0.3, -0.25) is 0 Å². The number of nitrogens with zero attached hydrogens (tertiary/aromatic N) is 1. The molecular formula is C11H9IN2O2S. The highest BCUT2D eigenvalue weighted by molar-refractivity contribution is 14.1. The molecule has 2 aromatic rings. The summed E-state index contributed by atoms with van der Waals surface area (Å²) >= 11 is 3.38. The van der Waals surface area contributed by atoms with Crippen molar-refractivity contribution in [1.82, 2.24) is 4.37 Å². The molecule has 2 N–H and O–H groups in total. The third-order valence-electron chi connectivity index (χ3n) is 2.18. The fourth-order valence-electron chi connectivity index (χ4n) is 1.37. The smallest absolute Gasteiger partial charge is 0.340 e. The van der Waals surface area contributed by atoms with E-state index in [-0.39, 0.29) is 5.56 Å². The summed E-state index contributed by atoms with van der Waals surface area (Å²) in [4.78, 5) is 11.1. The lowest BCUT2D eigenvalue weighted by Gasteiger charge is -2.04. The fraction of sp³-hybridized carbons (Fsp3) is 0.0909. The van der Waals surface area contributed by atoms with Crippen LogP contribution in [0.15, 0.2) is 24.3 Å². The summed E-state index contributed by atoms with van der Waals surface area (Å²) in [5.74, 6) is -0.954. The molecule has 0 radical (unpaired) electrons. The van der Waals surface area contributed by atoms with E-state index in [1.807, 2.05) is 24.3 Å². The Hall–Kier alpha value is -1.15. The molecule has 0 bridgehead atoms. The summed E-state index contributed by atoms with van der Waals surface area (Å²) < 4.78 is 5.18. The van der Waals surface area contributed by atoms with Crippen LogP contribution in [-0.4, -0.2) is 15.4 Å². The standard InChI is InChI=1S/C11H9IN2O2S/c1-6-9(11(15)16)10(17-14-6)13-8-4-2-7(12)3-5-8/h2-5,13H,1H3,(H,15,16). The van der Waals surface area contributed by atoms with Crippen LogP contribution in [0.2, 0.25) is 0 Å². The van der Waals surface area contributed by atoms with E-state index in [1.54, 1.807) is 6.92 Å². The lowest BCUT2D eigenvalue weighted by molar-refractivity contribution is 0.0697. The van der Waals surface area contributed by atoms with Gasteiger partial charge in [-0.15, -0.1) is 0 Å². The molecule has 88 valence electrons. The quantitative estimate of drug-likeness (QED) is 0.823. The lowest BCUT2D eigenvalue weighted by Crippen LogP contribution is -2.01. The van der Waals surface area contributed by atoms with E-state index in [0.717, 1.165) is 20.8 Å². The molecule has 1 aromatic heterocycles. The topological polar surface area (TPSA) is 62.2 Å². The maximum atomic E-state index is 11.1. The number of aryl methyl sites for hydroxylation is 1. The number of halogens is 1. The van der Waals surface area contributed by atoms with E-state index in [4.69, 9.17) is 5.11 Å². The van der Waals surface area contributed by atoms with Gasteiger partial charge in [0.15, 0.2) is 0 Å². The lowest BCUT2D eigenvalue weighted by atomic mass is 10.2. The van der Waals surface area contributed by atoms with Gasteiger partial charge in [-0.2, -0.15) is 4.37 Å².